The first kappa shape index (κ1) is 31.8. The lowest BCUT2D eigenvalue weighted by Gasteiger charge is -2.26. The zero-order chi connectivity index (χ0) is 32.8. The van der Waals surface area contributed by atoms with E-state index in [2.05, 4.69) is 62.1 Å². The molecule has 0 aliphatic carbocycles. The van der Waals surface area contributed by atoms with Gasteiger partial charge in [0, 0.05) is 43.9 Å². The molecule has 2 saturated heterocycles. The van der Waals surface area contributed by atoms with Gasteiger partial charge in [0.15, 0.2) is 5.82 Å². The van der Waals surface area contributed by atoms with Crippen LogP contribution in [0.1, 0.15) is 30.1 Å². The van der Waals surface area contributed by atoms with Crippen LogP contribution in [-0.2, 0) is 16.2 Å². The number of carbonyl (C=O) groups excluding carboxylic acids is 1. The number of likely N-dealkylation sites (N-methyl/N-ethyl adjacent to an activating group) is 1. The highest BCUT2D eigenvalue weighted by molar-refractivity contribution is 6.02. The first-order valence-corrected chi connectivity index (χ1v) is 15.6. The number of amides is 1. The lowest BCUT2D eigenvalue weighted by Crippen LogP contribution is -2.31. The van der Waals surface area contributed by atoms with Crippen molar-refractivity contribution in [2.45, 2.75) is 31.5 Å². The third-order valence-electron chi connectivity index (χ3n) is 8.40. The van der Waals surface area contributed by atoms with E-state index in [1.165, 1.54) is 12.4 Å². The van der Waals surface area contributed by atoms with E-state index in [9.17, 15) is 4.79 Å². The van der Waals surface area contributed by atoms with Gasteiger partial charge in [0.2, 0.25) is 5.91 Å². The molecule has 0 spiro atoms. The van der Waals surface area contributed by atoms with Crippen molar-refractivity contribution >= 4 is 34.6 Å². The van der Waals surface area contributed by atoms with Crippen molar-refractivity contribution in [3.8, 4) is 11.5 Å². The molecule has 4 aromatic rings. The average Bonchev–Trinajstić information content (AvgIpc) is 3.80. The second-order valence-electron chi connectivity index (χ2n) is 11.6. The topological polar surface area (TPSA) is 117 Å². The molecule has 0 radical (unpaired) electrons. The molecule has 0 bridgehead atoms. The number of hydroxylamine groups is 1. The molecule has 2 aromatic heterocycles. The third-order valence-corrected chi connectivity index (χ3v) is 8.40. The number of aromatic nitrogens is 3. The molecular formula is C35H40N8O4. The van der Waals surface area contributed by atoms with Crippen molar-refractivity contribution in [2.24, 2.45) is 0 Å². The Bertz CT molecular complexity index is 1700. The third kappa shape index (κ3) is 7.45. The monoisotopic (exact) mass is 636 g/mol. The fourth-order valence-electron chi connectivity index (χ4n) is 5.89. The SMILES string of the molecule is C=CC(=O)Nc1cc(Nc2cc(N3OCCC3c3cccc(OCc4ccccn4)c3)ncn2)c(OC)cc1N1CC[C@@H](N(C)C)C1. The Balaban J connectivity index is 1.22. The van der Waals surface area contributed by atoms with Gasteiger partial charge in [0.05, 0.1) is 42.5 Å². The van der Waals surface area contributed by atoms with Gasteiger partial charge in [-0.25, -0.2) is 15.0 Å². The molecule has 1 unspecified atom stereocenters. The smallest absolute Gasteiger partial charge is 0.247 e. The van der Waals surface area contributed by atoms with Gasteiger partial charge in [-0.1, -0.05) is 24.8 Å². The van der Waals surface area contributed by atoms with Gasteiger partial charge in [0.1, 0.15) is 30.3 Å². The summed E-state index contributed by atoms with van der Waals surface area (Å²) in [4.78, 5) is 36.4. The number of carbonyl (C=O) groups is 1. The van der Waals surface area contributed by atoms with Crippen LogP contribution in [-0.4, -0.2) is 72.7 Å². The van der Waals surface area contributed by atoms with Crippen LogP contribution in [0.5, 0.6) is 11.5 Å². The largest absolute Gasteiger partial charge is 0.494 e. The van der Waals surface area contributed by atoms with Crippen LogP contribution < -0.4 is 30.1 Å². The molecule has 2 aromatic carbocycles. The number of nitrogens with one attached hydrogen (secondary N) is 2. The number of hydrogen-bond donors (Lipinski definition) is 2. The normalized spacial score (nSPS) is 17.5. The molecule has 244 valence electrons. The number of rotatable bonds is 12. The zero-order valence-electron chi connectivity index (χ0n) is 26.9. The fraction of sp³-hybridized carbons (Fsp3) is 0.314. The lowest BCUT2D eigenvalue weighted by molar-refractivity contribution is -0.111. The van der Waals surface area contributed by atoms with Crippen molar-refractivity contribution in [3.63, 3.8) is 0 Å². The van der Waals surface area contributed by atoms with Gasteiger partial charge in [-0.05, 0) is 62.5 Å². The van der Waals surface area contributed by atoms with E-state index < -0.39 is 0 Å². The number of methoxy groups -OCH3 is 1. The van der Waals surface area contributed by atoms with Crippen LogP contribution in [0.3, 0.4) is 0 Å². The van der Waals surface area contributed by atoms with Crippen LogP contribution in [0.25, 0.3) is 0 Å². The molecule has 4 heterocycles. The van der Waals surface area contributed by atoms with E-state index in [0.717, 1.165) is 48.6 Å². The molecule has 2 aliphatic heterocycles. The maximum atomic E-state index is 12.4. The molecule has 2 N–H and O–H groups in total. The second kappa shape index (κ2) is 14.5. The second-order valence-corrected chi connectivity index (χ2v) is 11.6. The minimum Gasteiger partial charge on any atom is -0.494 e. The average molecular weight is 637 g/mol. The van der Waals surface area contributed by atoms with Crippen LogP contribution in [0.15, 0.2) is 85.8 Å². The van der Waals surface area contributed by atoms with E-state index in [-0.39, 0.29) is 11.9 Å². The summed E-state index contributed by atoms with van der Waals surface area (Å²) >= 11 is 0. The summed E-state index contributed by atoms with van der Waals surface area (Å²) in [6.07, 6.45) is 6.32. The molecule has 12 nitrogen and oxygen atoms in total. The number of hydrogen-bond acceptors (Lipinski definition) is 11. The van der Waals surface area contributed by atoms with Gasteiger partial charge in [-0.3, -0.25) is 14.6 Å². The Hall–Kier alpha value is -5.20. The van der Waals surface area contributed by atoms with Crippen molar-refractivity contribution in [1.29, 1.82) is 0 Å². The Labute approximate surface area is 275 Å². The molecule has 12 heteroatoms. The number of anilines is 5. The van der Waals surface area contributed by atoms with Gasteiger partial charge in [-0.15, -0.1) is 0 Å². The summed E-state index contributed by atoms with van der Waals surface area (Å²) in [5.41, 5.74) is 4.09. The Morgan fingerprint density at radius 3 is 2.74 bits per heavy atom. The van der Waals surface area contributed by atoms with E-state index in [4.69, 9.17) is 14.3 Å². The summed E-state index contributed by atoms with van der Waals surface area (Å²) < 4.78 is 11.8. The zero-order valence-corrected chi connectivity index (χ0v) is 26.9. The predicted octanol–water partition coefficient (Wildman–Crippen LogP) is 5.35. The quantitative estimate of drug-likeness (QED) is 0.196. The van der Waals surface area contributed by atoms with Crippen molar-refractivity contribution < 1.29 is 19.1 Å². The van der Waals surface area contributed by atoms with E-state index >= 15 is 0 Å². The van der Waals surface area contributed by atoms with E-state index in [0.29, 0.717) is 48.0 Å². The molecule has 0 saturated carbocycles. The standard InChI is InChI=1S/C35H40N8O4/c1-5-35(44)40-28-18-29(32(45-4)19-31(28)42-15-12-26(21-42)41(2)3)39-33-20-34(38-23-37-33)43-30(13-16-47-43)24-9-8-11-27(17-24)46-22-25-10-6-7-14-36-25/h5-11,14,17-20,23,26,30H,1,12-13,15-16,21-22H2,2-4H3,(H,40,44)(H,37,38,39)/t26-,30?/m1/s1. The Kier molecular flexibility index (Phi) is 9.79. The van der Waals surface area contributed by atoms with Crippen LogP contribution in [0.2, 0.25) is 0 Å². The highest BCUT2D eigenvalue weighted by Crippen LogP contribution is 2.41. The summed E-state index contributed by atoms with van der Waals surface area (Å²) in [5.74, 6) is 2.22. The first-order valence-electron chi connectivity index (χ1n) is 15.6. The molecule has 6 rings (SSSR count). The van der Waals surface area contributed by atoms with Crippen LogP contribution in [0, 0.1) is 0 Å². The molecule has 1 amide bonds. The highest BCUT2D eigenvalue weighted by Gasteiger charge is 2.30. The number of benzene rings is 2. The van der Waals surface area contributed by atoms with Crippen LogP contribution >= 0.6 is 0 Å². The number of pyridine rings is 1. The summed E-state index contributed by atoms with van der Waals surface area (Å²) in [7, 11) is 5.80. The molecule has 2 aliphatic rings. The van der Waals surface area contributed by atoms with E-state index in [1.54, 1.807) is 13.3 Å². The highest BCUT2D eigenvalue weighted by atomic mass is 16.7. The maximum Gasteiger partial charge on any atom is 0.247 e. The van der Waals surface area contributed by atoms with Crippen molar-refractivity contribution in [3.05, 3.63) is 97.1 Å². The number of nitrogens with zero attached hydrogens (tertiary/aromatic N) is 6. The maximum absolute atomic E-state index is 12.4. The molecule has 2 atom stereocenters. The minimum absolute atomic E-state index is 0.0721. The number of ether oxygens (including phenoxy) is 2. The van der Waals surface area contributed by atoms with Gasteiger partial charge in [-0.2, -0.15) is 0 Å². The van der Waals surface area contributed by atoms with Gasteiger partial charge < -0.3 is 29.9 Å². The molecule has 47 heavy (non-hydrogen) atoms. The van der Waals surface area contributed by atoms with Gasteiger partial charge >= 0.3 is 0 Å². The first-order chi connectivity index (χ1) is 22.9. The Morgan fingerprint density at radius 1 is 1.09 bits per heavy atom. The summed E-state index contributed by atoms with van der Waals surface area (Å²) in [5, 5.41) is 8.17. The van der Waals surface area contributed by atoms with Crippen LogP contribution in [0.4, 0.5) is 28.7 Å². The lowest BCUT2D eigenvalue weighted by atomic mass is 10.0. The summed E-state index contributed by atoms with van der Waals surface area (Å²) in [6, 6.07) is 19.8. The molecular weight excluding hydrogens is 596 g/mol. The minimum atomic E-state index is -0.293. The Morgan fingerprint density at radius 2 is 1.98 bits per heavy atom. The van der Waals surface area contributed by atoms with Crippen molar-refractivity contribution in [2.75, 3.05) is 61.5 Å². The van der Waals surface area contributed by atoms with Crippen molar-refractivity contribution in [1.82, 2.24) is 19.9 Å². The molecule has 2 fully saturated rings. The van der Waals surface area contributed by atoms with E-state index in [1.807, 2.05) is 59.7 Å². The fourth-order valence-corrected chi connectivity index (χ4v) is 5.89. The summed E-state index contributed by atoms with van der Waals surface area (Å²) in [6.45, 7) is 6.26. The predicted molar refractivity (Wildman–Crippen MR) is 182 cm³/mol. The van der Waals surface area contributed by atoms with Gasteiger partial charge in [0.25, 0.3) is 0 Å².